The van der Waals surface area contributed by atoms with Crippen LogP contribution in [-0.2, 0) is 4.74 Å². The standard InChI is InChI=1S/C10H9N3O2S/c1-15-10(14)13-9-12-8(6-16-9)7-2-4-11-5-3-7/h2-6H,1H3,(H,12,13,14). The van der Waals surface area contributed by atoms with Crippen LogP contribution in [-0.4, -0.2) is 23.2 Å². The summed E-state index contributed by atoms with van der Waals surface area (Å²) in [6.07, 6.45) is 2.88. The molecule has 0 atom stereocenters. The molecule has 0 aliphatic carbocycles. The number of anilines is 1. The smallest absolute Gasteiger partial charge is 0.413 e. The molecule has 1 N–H and O–H groups in total. The van der Waals surface area contributed by atoms with Gasteiger partial charge in [-0.3, -0.25) is 10.3 Å². The lowest BCUT2D eigenvalue weighted by molar-refractivity contribution is 0.187. The molecule has 82 valence electrons. The Labute approximate surface area is 96.1 Å². The van der Waals surface area contributed by atoms with E-state index in [0.717, 1.165) is 11.3 Å². The molecule has 0 aliphatic rings. The van der Waals surface area contributed by atoms with E-state index in [1.807, 2.05) is 17.5 Å². The number of carbonyl (C=O) groups excluding carboxylic acids is 1. The van der Waals surface area contributed by atoms with Gasteiger partial charge in [-0.2, -0.15) is 0 Å². The zero-order chi connectivity index (χ0) is 11.4. The van der Waals surface area contributed by atoms with Crippen molar-refractivity contribution in [1.29, 1.82) is 0 Å². The third-order valence-electron chi connectivity index (χ3n) is 1.87. The molecule has 6 heteroatoms. The molecule has 0 saturated carbocycles. The number of methoxy groups -OCH3 is 1. The van der Waals surface area contributed by atoms with Gasteiger partial charge < -0.3 is 4.74 Å². The van der Waals surface area contributed by atoms with Gasteiger partial charge >= 0.3 is 6.09 Å². The number of hydrogen-bond acceptors (Lipinski definition) is 5. The molecular weight excluding hydrogens is 226 g/mol. The zero-order valence-electron chi connectivity index (χ0n) is 8.51. The number of hydrogen-bond donors (Lipinski definition) is 1. The Bertz CT molecular complexity index is 484. The number of ether oxygens (including phenoxy) is 1. The maximum Gasteiger partial charge on any atom is 0.413 e. The summed E-state index contributed by atoms with van der Waals surface area (Å²) >= 11 is 1.34. The van der Waals surface area contributed by atoms with Crippen molar-refractivity contribution >= 4 is 22.6 Å². The molecule has 0 saturated heterocycles. The van der Waals surface area contributed by atoms with Gasteiger partial charge in [0.2, 0.25) is 0 Å². The fourth-order valence-electron chi connectivity index (χ4n) is 1.12. The van der Waals surface area contributed by atoms with E-state index in [9.17, 15) is 4.79 Å². The van der Waals surface area contributed by atoms with Gasteiger partial charge in [0.05, 0.1) is 12.8 Å². The average Bonchev–Trinajstić information content (AvgIpc) is 2.78. The SMILES string of the molecule is COC(=O)Nc1nc(-c2ccncc2)cs1. The molecule has 0 unspecified atom stereocenters. The minimum absolute atomic E-state index is 0.513. The lowest BCUT2D eigenvalue weighted by atomic mass is 10.2. The maximum absolute atomic E-state index is 11.0. The van der Waals surface area contributed by atoms with Gasteiger partial charge in [0.1, 0.15) is 0 Å². The fourth-order valence-corrected chi connectivity index (χ4v) is 1.83. The van der Waals surface area contributed by atoms with Crippen molar-refractivity contribution in [2.45, 2.75) is 0 Å². The number of pyridine rings is 1. The first-order valence-corrected chi connectivity index (χ1v) is 5.38. The molecule has 0 bridgehead atoms. The topological polar surface area (TPSA) is 64.1 Å². The van der Waals surface area contributed by atoms with Gasteiger partial charge in [0.25, 0.3) is 0 Å². The van der Waals surface area contributed by atoms with Crippen LogP contribution < -0.4 is 5.32 Å². The van der Waals surface area contributed by atoms with Crippen LogP contribution >= 0.6 is 11.3 Å². The molecule has 0 spiro atoms. The zero-order valence-corrected chi connectivity index (χ0v) is 9.32. The van der Waals surface area contributed by atoms with Crippen LogP contribution in [0, 0.1) is 0 Å². The van der Waals surface area contributed by atoms with E-state index in [2.05, 4.69) is 20.0 Å². The first-order valence-electron chi connectivity index (χ1n) is 4.50. The highest BCUT2D eigenvalue weighted by atomic mass is 32.1. The van der Waals surface area contributed by atoms with Crippen LogP contribution in [0.5, 0.6) is 0 Å². The molecule has 5 nitrogen and oxygen atoms in total. The Morgan fingerprint density at radius 2 is 2.19 bits per heavy atom. The van der Waals surface area contributed by atoms with Crippen molar-refractivity contribution in [3.05, 3.63) is 29.9 Å². The summed E-state index contributed by atoms with van der Waals surface area (Å²) in [6, 6.07) is 3.72. The van der Waals surface area contributed by atoms with Crippen LogP contribution in [0.2, 0.25) is 0 Å². The highest BCUT2D eigenvalue weighted by Gasteiger charge is 2.06. The molecule has 0 fully saturated rings. The van der Waals surface area contributed by atoms with Crippen LogP contribution in [0.25, 0.3) is 11.3 Å². The third-order valence-corrected chi connectivity index (χ3v) is 2.63. The monoisotopic (exact) mass is 235 g/mol. The average molecular weight is 235 g/mol. The lowest BCUT2D eigenvalue weighted by Crippen LogP contribution is -2.10. The second kappa shape index (κ2) is 4.71. The minimum Gasteiger partial charge on any atom is -0.453 e. The Morgan fingerprint density at radius 3 is 2.88 bits per heavy atom. The molecule has 2 rings (SSSR count). The van der Waals surface area contributed by atoms with Gasteiger partial charge in [-0.1, -0.05) is 0 Å². The van der Waals surface area contributed by atoms with Crippen LogP contribution in [0.15, 0.2) is 29.9 Å². The molecule has 2 heterocycles. The van der Waals surface area contributed by atoms with Gasteiger partial charge in [-0.05, 0) is 12.1 Å². The number of thiazole rings is 1. The summed E-state index contributed by atoms with van der Waals surface area (Å²) in [5, 5.41) is 4.89. The molecule has 2 aromatic heterocycles. The van der Waals surface area contributed by atoms with Crippen LogP contribution in [0.1, 0.15) is 0 Å². The van der Waals surface area contributed by atoms with Crippen molar-refractivity contribution in [1.82, 2.24) is 9.97 Å². The van der Waals surface area contributed by atoms with E-state index in [-0.39, 0.29) is 0 Å². The normalized spacial score (nSPS) is 9.81. The minimum atomic E-state index is -0.518. The van der Waals surface area contributed by atoms with Crippen molar-refractivity contribution in [3.8, 4) is 11.3 Å². The Kier molecular flexibility index (Phi) is 3.11. The largest absolute Gasteiger partial charge is 0.453 e. The van der Waals surface area contributed by atoms with Crippen molar-refractivity contribution in [2.75, 3.05) is 12.4 Å². The number of aromatic nitrogens is 2. The molecule has 16 heavy (non-hydrogen) atoms. The van der Waals surface area contributed by atoms with E-state index in [4.69, 9.17) is 0 Å². The summed E-state index contributed by atoms with van der Waals surface area (Å²) in [5.74, 6) is 0. The molecule has 0 aromatic carbocycles. The summed E-state index contributed by atoms with van der Waals surface area (Å²) in [4.78, 5) is 19.1. The highest BCUT2D eigenvalue weighted by molar-refractivity contribution is 7.14. The first-order chi connectivity index (χ1) is 7.79. The number of nitrogens with one attached hydrogen (secondary N) is 1. The quantitative estimate of drug-likeness (QED) is 0.868. The van der Waals surface area contributed by atoms with Crippen molar-refractivity contribution in [3.63, 3.8) is 0 Å². The molecule has 0 aliphatic heterocycles. The van der Waals surface area contributed by atoms with E-state index in [1.165, 1.54) is 18.4 Å². The van der Waals surface area contributed by atoms with E-state index >= 15 is 0 Å². The van der Waals surface area contributed by atoms with Gasteiger partial charge in [0.15, 0.2) is 5.13 Å². The molecule has 1 amide bonds. The van der Waals surface area contributed by atoms with Gasteiger partial charge in [-0.15, -0.1) is 11.3 Å². The molecule has 0 radical (unpaired) electrons. The predicted molar refractivity (Wildman–Crippen MR) is 61.4 cm³/mol. The first kappa shape index (κ1) is 10.6. The van der Waals surface area contributed by atoms with E-state index in [1.54, 1.807) is 12.4 Å². The molecular formula is C10H9N3O2S. The van der Waals surface area contributed by atoms with Crippen molar-refractivity contribution < 1.29 is 9.53 Å². The van der Waals surface area contributed by atoms with Crippen LogP contribution in [0.4, 0.5) is 9.93 Å². The Hall–Kier alpha value is -1.95. The maximum atomic E-state index is 11.0. The van der Waals surface area contributed by atoms with E-state index in [0.29, 0.717) is 5.13 Å². The lowest BCUT2D eigenvalue weighted by Gasteiger charge is -1.97. The summed E-state index contributed by atoms with van der Waals surface area (Å²) in [7, 11) is 1.31. The van der Waals surface area contributed by atoms with Gasteiger partial charge in [-0.25, -0.2) is 9.78 Å². The number of rotatable bonds is 2. The van der Waals surface area contributed by atoms with Crippen LogP contribution in [0.3, 0.4) is 0 Å². The van der Waals surface area contributed by atoms with E-state index < -0.39 is 6.09 Å². The predicted octanol–water partition coefficient (Wildman–Crippen LogP) is 2.38. The second-order valence-corrected chi connectivity index (χ2v) is 3.75. The fraction of sp³-hybridized carbons (Fsp3) is 0.100. The summed E-state index contributed by atoms with van der Waals surface area (Å²) in [6.45, 7) is 0. The summed E-state index contributed by atoms with van der Waals surface area (Å²) < 4.78 is 4.48. The molecule has 2 aromatic rings. The highest BCUT2D eigenvalue weighted by Crippen LogP contribution is 2.24. The number of amides is 1. The van der Waals surface area contributed by atoms with Gasteiger partial charge in [0, 0.05) is 23.3 Å². The summed E-state index contributed by atoms with van der Waals surface area (Å²) in [5.41, 5.74) is 1.77. The number of nitrogens with zero attached hydrogens (tertiary/aromatic N) is 2. The Balaban J connectivity index is 2.17. The van der Waals surface area contributed by atoms with Crippen molar-refractivity contribution in [2.24, 2.45) is 0 Å². The Morgan fingerprint density at radius 1 is 1.44 bits per heavy atom. The second-order valence-electron chi connectivity index (χ2n) is 2.89. The third kappa shape index (κ3) is 2.34. The number of carbonyl (C=O) groups is 1.